The third kappa shape index (κ3) is 3.87. The normalized spacial score (nSPS) is 14.1. The van der Waals surface area contributed by atoms with Crippen LogP contribution in [0.4, 0.5) is 0 Å². The summed E-state index contributed by atoms with van der Waals surface area (Å²) >= 11 is 0. The molecule has 1 amide bonds. The first-order chi connectivity index (χ1) is 7.90. The summed E-state index contributed by atoms with van der Waals surface area (Å²) in [5.41, 5.74) is 5.96. The molecule has 1 aromatic heterocycles. The number of carbonyl (C=O) groups is 2. The standard InChI is InChI=1S/C10H16N4O3/c1-6(11)9(15)13-8(10(16)17)3-7-4-14(2)5-12-7/h4-6,8H,3,11H2,1-2H3,(H,13,15)(H,16,17). The summed E-state index contributed by atoms with van der Waals surface area (Å²) in [4.78, 5) is 26.3. The Bertz CT molecular complexity index is 413. The first kappa shape index (κ1) is 13.2. The molecular weight excluding hydrogens is 224 g/mol. The van der Waals surface area contributed by atoms with Crippen LogP contribution in [0.25, 0.3) is 0 Å². The van der Waals surface area contributed by atoms with Gasteiger partial charge in [0, 0.05) is 19.7 Å². The zero-order valence-electron chi connectivity index (χ0n) is 9.75. The average molecular weight is 240 g/mol. The van der Waals surface area contributed by atoms with Gasteiger partial charge in [0.1, 0.15) is 6.04 Å². The Morgan fingerprint density at radius 2 is 2.29 bits per heavy atom. The lowest BCUT2D eigenvalue weighted by molar-refractivity contribution is -0.141. The Hall–Kier alpha value is -1.89. The highest BCUT2D eigenvalue weighted by Gasteiger charge is 2.22. The monoisotopic (exact) mass is 240 g/mol. The SMILES string of the molecule is CC(N)C(=O)NC(Cc1cn(C)cn1)C(=O)O. The zero-order chi connectivity index (χ0) is 13.0. The number of carboxylic acid groups (broad SMARTS) is 1. The van der Waals surface area contributed by atoms with Crippen LogP contribution >= 0.6 is 0 Å². The van der Waals surface area contributed by atoms with E-state index in [1.165, 1.54) is 6.92 Å². The number of amides is 1. The molecule has 0 aromatic carbocycles. The predicted octanol–water partition coefficient (Wildman–Crippen LogP) is -1.12. The molecule has 2 atom stereocenters. The Kier molecular flexibility index (Phi) is 4.22. The molecule has 94 valence electrons. The van der Waals surface area contributed by atoms with Crippen molar-refractivity contribution < 1.29 is 14.7 Å². The quantitative estimate of drug-likeness (QED) is 0.603. The number of imidazole rings is 1. The third-order valence-corrected chi connectivity index (χ3v) is 2.20. The minimum Gasteiger partial charge on any atom is -0.480 e. The smallest absolute Gasteiger partial charge is 0.326 e. The van der Waals surface area contributed by atoms with E-state index in [4.69, 9.17) is 10.8 Å². The number of nitrogens with one attached hydrogen (secondary N) is 1. The summed E-state index contributed by atoms with van der Waals surface area (Å²) in [7, 11) is 1.78. The summed E-state index contributed by atoms with van der Waals surface area (Å²) < 4.78 is 1.71. The second kappa shape index (κ2) is 5.44. The third-order valence-electron chi connectivity index (χ3n) is 2.20. The van der Waals surface area contributed by atoms with Gasteiger partial charge in [0.05, 0.1) is 18.1 Å². The first-order valence-electron chi connectivity index (χ1n) is 5.15. The number of nitrogens with two attached hydrogens (primary N) is 1. The molecule has 1 heterocycles. The second-order valence-corrected chi connectivity index (χ2v) is 3.92. The highest BCUT2D eigenvalue weighted by Crippen LogP contribution is 2.00. The fourth-order valence-corrected chi connectivity index (χ4v) is 1.28. The van der Waals surface area contributed by atoms with Crippen LogP contribution in [0.5, 0.6) is 0 Å². The molecular formula is C10H16N4O3. The average Bonchev–Trinajstić information content (AvgIpc) is 2.62. The Balaban J connectivity index is 2.67. The molecule has 0 aliphatic heterocycles. The van der Waals surface area contributed by atoms with Crippen molar-refractivity contribution >= 4 is 11.9 Å². The van der Waals surface area contributed by atoms with E-state index in [0.717, 1.165) is 0 Å². The summed E-state index contributed by atoms with van der Waals surface area (Å²) in [5.74, 6) is -1.60. The molecule has 4 N–H and O–H groups in total. The van der Waals surface area contributed by atoms with Gasteiger partial charge in [-0.15, -0.1) is 0 Å². The van der Waals surface area contributed by atoms with E-state index >= 15 is 0 Å². The minimum absolute atomic E-state index is 0.134. The Morgan fingerprint density at radius 1 is 1.65 bits per heavy atom. The first-order valence-corrected chi connectivity index (χ1v) is 5.15. The van der Waals surface area contributed by atoms with Crippen molar-refractivity contribution in [2.45, 2.75) is 25.4 Å². The topological polar surface area (TPSA) is 110 Å². The van der Waals surface area contributed by atoms with Crippen molar-refractivity contribution in [3.63, 3.8) is 0 Å². The number of rotatable bonds is 5. The van der Waals surface area contributed by atoms with Gasteiger partial charge < -0.3 is 20.7 Å². The molecule has 0 spiro atoms. The number of aryl methyl sites for hydroxylation is 1. The molecule has 0 aliphatic rings. The molecule has 7 nitrogen and oxygen atoms in total. The summed E-state index contributed by atoms with van der Waals surface area (Å²) in [6.45, 7) is 1.50. The molecule has 0 aliphatic carbocycles. The minimum atomic E-state index is -1.11. The molecule has 1 rings (SSSR count). The van der Waals surface area contributed by atoms with Crippen molar-refractivity contribution in [2.24, 2.45) is 12.8 Å². The maximum absolute atomic E-state index is 11.3. The van der Waals surface area contributed by atoms with Crippen LogP contribution in [0.15, 0.2) is 12.5 Å². The van der Waals surface area contributed by atoms with Crippen LogP contribution in [0.3, 0.4) is 0 Å². The molecule has 17 heavy (non-hydrogen) atoms. The number of carboxylic acids is 1. The van der Waals surface area contributed by atoms with Gasteiger partial charge in [-0.2, -0.15) is 0 Å². The van der Waals surface area contributed by atoms with Gasteiger partial charge in [0.2, 0.25) is 5.91 Å². The fourth-order valence-electron chi connectivity index (χ4n) is 1.28. The number of hydrogen-bond acceptors (Lipinski definition) is 4. The highest BCUT2D eigenvalue weighted by molar-refractivity contribution is 5.86. The van der Waals surface area contributed by atoms with E-state index in [1.807, 2.05) is 0 Å². The van der Waals surface area contributed by atoms with Crippen LogP contribution in [0.2, 0.25) is 0 Å². The Labute approximate surface area is 98.6 Å². The van der Waals surface area contributed by atoms with Gasteiger partial charge in [-0.1, -0.05) is 0 Å². The lowest BCUT2D eigenvalue weighted by Crippen LogP contribution is -2.48. The van der Waals surface area contributed by atoms with Crippen LogP contribution in [-0.2, 0) is 23.1 Å². The molecule has 2 unspecified atom stereocenters. The van der Waals surface area contributed by atoms with Gasteiger partial charge in [-0.05, 0) is 6.92 Å². The summed E-state index contributed by atoms with van der Waals surface area (Å²) in [5, 5.41) is 11.3. The van der Waals surface area contributed by atoms with Gasteiger partial charge in [0.15, 0.2) is 0 Å². The maximum atomic E-state index is 11.3. The van der Waals surface area contributed by atoms with Gasteiger partial charge in [-0.25, -0.2) is 9.78 Å². The lowest BCUT2D eigenvalue weighted by Gasteiger charge is -2.14. The molecule has 1 aromatic rings. The Morgan fingerprint density at radius 3 is 2.71 bits per heavy atom. The number of aromatic nitrogens is 2. The molecule has 0 fully saturated rings. The van der Waals surface area contributed by atoms with Crippen LogP contribution in [-0.4, -0.2) is 38.6 Å². The molecule has 0 saturated carbocycles. The van der Waals surface area contributed by atoms with Crippen molar-refractivity contribution in [2.75, 3.05) is 0 Å². The molecule has 7 heteroatoms. The van der Waals surface area contributed by atoms with Gasteiger partial charge in [0.25, 0.3) is 0 Å². The van der Waals surface area contributed by atoms with E-state index in [2.05, 4.69) is 10.3 Å². The largest absolute Gasteiger partial charge is 0.480 e. The molecule has 0 saturated heterocycles. The van der Waals surface area contributed by atoms with Crippen LogP contribution < -0.4 is 11.1 Å². The highest BCUT2D eigenvalue weighted by atomic mass is 16.4. The predicted molar refractivity (Wildman–Crippen MR) is 60.1 cm³/mol. The van der Waals surface area contributed by atoms with Crippen molar-refractivity contribution in [3.05, 3.63) is 18.2 Å². The van der Waals surface area contributed by atoms with E-state index in [1.54, 1.807) is 24.1 Å². The van der Waals surface area contributed by atoms with Crippen molar-refractivity contribution in [1.82, 2.24) is 14.9 Å². The number of nitrogens with zero attached hydrogens (tertiary/aromatic N) is 2. The molecule has 0 bridgehead atoms. The van der Waals surface area contributed by atoms with E-state index in [-0.39, 0.29) is 6.42 Å². The lowest BCUT2D eigenvalue weighted by atomic mass is 10.1. The van der Waals surface area contributed by atoms with E-state index < -0.39 is 24.0 Å². The van der Waals surface area contributed by atoms with Crippen molar-refractivity contribution in [1.29, 1.82) is 0 Å². The number of carbonyl (C=O) groups excluding carboxylic acids is 1. The van der Waals surface area contributed by atoms with Gasteiger partial charge >= 0.3 is 5.97 Å². The second-order valence-electron chi connectivity index (χ2n) is 3.92. The number of hydrogen-bond donors (Lipinski definition) is 3. The van der Waals surface area contributed by atoms with Gasteiger partial charge in [-0.3, -0.25) is 4.79 Å². The van der Waals surface area contributed by atoms with Crippen molar-refractivity contribution in [3.8, 4) is 0 Å². The van der Waals surface area contributed by atoms with E-state index in [0.29, 0.717) is 5.69 Å². The maximum Gasteiger partial charge on any atom is 0.326 e. The fraction of sp³-hybridized carbons (Fsp3) is 0.500. The summed E-state index contributed by atoms with van der Waals surface area (Å²) in [6.07, 6.45) is 3.41. The van der Waals surface area contributed by atoms with Crippen LogP contribution in [0, 0.1) is 0 Å². The molecule has 0 radical (unpaired) electrons. The van der Waals surface area contributed by atoms with Crippen LogP contribution in [0.1, 0.15) is 12.6 Å². The zero-order valence-corrected chi connectivity index (χ0v) is 9.75. The summed E-state index contributed by atoms with van der Waals surface area (Å²) in [6, 6.07) is -1.75. The number of aliphatic carboxylic acids is 1. The van der Waals surface area contributed by atoms with E-state index in [9.17, 15) is 9.59 Å².